The summed E-state index contributed by atoms with van der Waals surface area (Å²) in [5.41, 5.74) is 6.44. The number of carbonyl (C=O) groups is 2. The Kier molecular flexibility index (Phi) is 7.07. The summed E-state index contributed by atoms with van der Waals surface area (Å²) in [5, 5.41) is 5.37. The SMILES string of the molecule is CCOc1ccccc1OCC(=O)NNC(=O)c1cc2c(C)nn(Cc3ccc(F)cc3)c2s1. The Bertz CT molecular complexity index is 1320. The summed E-state index contributed by atoms with van der Waals surface area (Å²) in [6.07, 6.45) is 0. The van der Waals surface area contributed by atoms with Gasteiger partial charge in [-0.25, -0.2) is 4.39 Å². The molecule has 2 aromatic heterocycles. The molecule has 0 saturated carbocycles. The summed E-state index contributed by atoms with van der Waals surface area (Å²) in [6.45, 7) is 4.34. The topological polar surface area (TPSA) is 94.5 Å². The zero-order chi connectivity index (χ0) is 24.1. The number of hydrazine groups is 1. The van der Waals surface area contributed by atoms with Crippen LogP contribution in [0, 0.1) is 12.7 Å². The quantitative estimate of drug-likeness (QED) is 0.372. The molecule has 2 amide bonds. The van der Waals surface area contributed by atoms with Gasteiger partial charge in [-0.1, -0.05) is 24.3 Å². The van der Waals surface area contributed by atoms with Gasteiger partial charge in [-0.2, -0.15) is 5.10 Å². The van der Waals surface area contributed by atoms with Crippen LogP contribution in [-0.2, 0) is 11.3 Å². The van der Waals surface area contributed by atoms with Crippen molar-refractivity contribution in [1.29, 1.82) is 0 Å². The van der Waals surface area contributed by atoms with E-state index in [1.165, 1.54) is 23.5 Å². The molecule has 0 bridgehead atoms. The fourth-order valence-electron chi connectivity index (χ4n) is 3.31. The molecule has 10 heteroatoms. The summed E-state index contributed by atoms with van der Waals surface area (Å²) in [5.74, 6) is -0.281. The second-order valence-electron chi connectivity index (χ2n) is 7.37. The minimum atomic E-state index is -0.514. The van der Waals surface area contributed by atoms with E-state index < -0.39 is 11.8 Å². The highest BCUT2D eigenvalue weighted by Gasteiger charge is 2.17. The first kappa shape index (κ1) is 23.2. The van der Waals surface area contributed by atoms with Gasteiger partial charge in [-0.15, -0.1) is 11.3 Å². The van der Waals surface area contributed by atoms with Gasteiger partial charge >= 0.3 is 0 Å². The van der Waals surface area contributed by atoms with E-state index in [4.69, 9.17) is 9.47 Å². The minimum Gasteiger partial charge on any atom is -0.490 e. The molecule has 34 heavy (non-hydrogen) atoms. The number of amides is 2. The number of aromatic nitrogens is 2. The second-order valence-corrected chi connectivity index (χ2v) is 8.40. The molecule has 2 N–H and O–H groups in total. The summed E-state index contributed by atoms with van der Waals surface area (Å²) in [6, 6.07) is 15.0. The highest BCUT2D eigenvalue weighted by Crippen LogP contribution is 2.29. The fourth-order valence-corrected chi connectivity index (χ4v) is 4.36. The van der Waals surface area contributed by atoms with Crippen molar-refractivity contribution in [3.8, 4) is 11.5 Å². The molecule has 0 aliphatic heterocycles. The molecule has 0 aliphatic rings. The molecule has 0 saturated heterocycles. The Hall–Kier alpha value is -3.92. The van der Waals surface area contributed by atoms with Gasteiger partial charge in [-0.3, -0.25) is 25.1 Å². The van der Waals surface area contributed by atoms with Crippen LogP contribution in [0.3, 0.4) is 0 Å². The number of aryl methyl sites for hydroxylation is 1. The van der Waals surface area contributed by atoms with Gasteiger partial charge in [0, 0.05) is 5.39 Å². The van der Waals surface area contributed by atoms with Crippen LogP contribution in [0.15, 0.2) is 54.6 Å². The molecule has 8 nitrogen and oxygen atoms in total. The smallest absolute Gasteiger partial charge is 0.279 e. The van der Waals surface area contributed by atoms with Crippen LogP contribution < -0.4 is 20.3 Å². The molecule has 176 valence electrons. The van der Waals surface area contributed by atoms with Gasteiger partial charge in [0.2, 0.25) is 0 Å². The van der Waals surface area contributed by atoms with Crippen molar-refractivity contribution < 1.29 is 23.5 Å². The number of carbonyl (C=O) groups excluding carboxylic acids is 2. The molecule has 0 aliphatic carbocycles. The lowest BCUT2D eigenvalue weighted by Gasteiger charge is -2.11. The molecule has 0 fully saturated rings. The van der Waals surface area contributed by atoms with E-state index in [0.29, 0.717) is 29.5 Å². The van der Waals surface area contributed by atoms with E-state index in [1.807, 2.05) is 19.9 Å². The Morgan fingerprint density at radius 2 is 1.76 bits per heavy atom. The number of nitrogens with zero attached hydrogens (tertiary/aromatic N) is 2. The third kappa shape index (κ3) is 5.34. The highest BCUT2D eigenvalue weighted by atomic mass is 32.1. The molecule has 4 aromatic rings. The van der Waals surface area contributed by atoms with Crippen LogP contribution in [0.5, 0.6) is 11.5 Å². The largest absolute Gasteiger partial charge is 0.490 e. The zero-order valence-corrected chi connectivity index (χ0v) is 19.4. The van der Waals surface area contributed by atoms with Crippen molar-refractivity contribution in [3.63, 3.8) is 0 Å². The van der Waals surface area contributed by atoms with Crippen molar-refractivity contribution in [2.24, 2.45) is 0 Å². The lowest BCUT2D eigenvalue weighted by Crippen LogP contribution is -2.43. The summed E-state index contributed by atoms with van der Waals surface area (Å²) < 4.78 is 25.9. The number of benzene rings is 2. The third-order valence-electron chi connectivity index (χ3n) is 4.90. The Morgan fingerprint density at radius 3 is 2.47 bits per heavy atom. The highest BCUT2D eigenvalue weighted by molar-refractivity contribution is 7.20. The summed E-state index contributed by atoms with van der Waals surface area (Å²) in [7, 11) is 0. The summed E-state index contributed by atoms with van der Waals surface area (Å²) >= 11 is 1.26. The summed E-state index contributed by atoms with van der Waals surface area (Å²) in [4.78, 5) is 26.0. The number of nitrogens with one attached hydrogen (secondary N) is 2. The standard InChI is InChI=1S/C24H23FN4O4S/c1-3-32-19-6-4-5-7-20(19)33-14-22(30)26-27-23(31)21-12-18-15(2)28-29(24(18)34-21)13-16-8-10-17(25)11-9-16/h4-12H,3,13-14H2,1-2H3,(H,26,30)(H,27,31). The molecular weight excluding hydrogens is 459 g/mol. The van der Waals surface area contributed by atoms with Gasteiger partial charge in [0.1, 0.15) is 10.6 Å². The Balaban J connectivity index is 1.36. The van der Waals surface area contributed by atoms with E-state index >= 15 is 0 Å². The van der Waals surface area contributed by atoms with Crippen LogP contribution in [0.25, 0.3) is 10.2 Å². The normalized spacial score (nSPS) is 10.8. The monoisotopic (exact) mass is 482 g/mol. The molecule has 0 unspecified atom stereocenters. The zero-order valence-electron chi connectivity index (χ0n) is 18.6. The van der Waals surface area contributed by atoms with Crippen LogP contribution in [0.4, 0.5) is 4.39 Å². The number of hydrogen-bond donors (Lipinski definition) is 2. The van der Waals surface area contributed by atoms with Gasteiger partial charge in [0.15, 0.2) is 18.1 Å². The van der Waals surface area contributed by atoms with Crippen molar-refractivity contribution in [3.05, 3.63) is 76.5 Å². The van der Waals surface area contributed by atoms with Gasteiger partial charge in [0.25, 0.3) is 11.8 Å². The van der Waals surface area contributed by atoms with Crippen molar-refractivity contribution in [1.82, 2.24) is 20.6 Å². The maximum absolute atomic E-state index is 13.2. The van der Waals surface area contributed by atoms with E-state index in [-0.39, 0.29) is 12.4 Å². The van der Waals surface area contributed by atoms with E-state index in [0.717, 1.165) is 21.5 Å². The van der Waals surface area contributed by atoms with Crippen LogP contribution >= 0.6 is 11.3 Å². The second kappa shape index (κ2) is 10.3. The molecule has 0 radical (unpaired) electrons. The average molecular weight is 483 g/mol. The number of rotatable bonds is 8. The van der Waals surface area contributed by atoms with Crippen molar-refractivity contribution in [2.75, 3.05) is 13.2 Å². The van der Waals surface area contributed by atoms with Gasteiger partial charge in [-0.05, 0) is 49.7 Å². The molecule has 2 heterocycles. The van der Waals surface area contributed by atoms with Crippen molar-refractivity contribution in [2.45, 2.75) is 20.4 Å². The molecule has 4 rings (SSSR count). The average Bonchev–Trinajstić information content (AvgIpc) is 3.40. The number of hydrogen-bond acceptors (Lipinski definition) is 6. The number of fused-ring (bicyclic) bond motifs is 1. The van der Waals surface area contributed by atoms with E-state index in [9.17, 15) is 14.0 Å². The number of para-hydroxylation sites is 2. The molecular formula is C24H23FN4O4S. The maximum Gasteiger partial charge on any atom is 0.279 e. The number of halogens is 1. The molecule has 0 spiro atoms. The third-order valence-corrected chi connectivity index (χ3v) is 6.05. The lowest BCUT2D eigenvalue weighted by atomic mass is 10.2. The van der Waals surface area contributed by atoms with E-state index in [2.05, 4.69) is 16.0 Å². The Labute approximate surface area is 199 Å². The van der Waals surface area contributed by atoms with Crippen LogP contribution in [0.2, 0.25) is 0 Å². The lowest BCUT2D eigenvalue weighted by molar-refractivity contribution is -0.123. The predicted octanol–water partition coefficient (Wildman–Crippen LogP) is 3.83. The van der Waals surface area contributed by atoms with Crippen LogP contribution in [0.1, 0.15) is 27.9 Å². The Morgan fingerprint density at radius 1 is 1.06 bits per heavy atom. The first-order valence-electron chi connectivity index (χ1n) is 10.6. The number of thiophene rings is 1. The van der Waals surface area contributed by atoms with Gasteiger partial charge < -0.3 is 9.47 Å². The first-order valence-corrected chi connectivity index (χ1v) is 11.4. The minimum absolute atomic E-state index is 0.289. The molecule has 2 aromatic carbocycles. The molecule has 0 atom stereocenters. The predicted molar refractivity (Wildman–Crippen MR) is 127 cm³/mol. The fraction of sp³-hybridized carbons (Fsp3) is 0.208. The van der Waals surface area contributed by atoms with Crippen LogP contribution in [-0.4, -0.2) is 34.8 Å². The maximum atomic E-state index is 13.2. The van der Waals surface area contributed by atoms with Crippen molar-refractivity contribution >= 4 is 33.4 Å². The first-order chi connectivity index (χ1) is 16.4. The van der Waals surface area contributed by atoms with E-state index in [1.54, 1.807) is 41.1 Å². The number of ether oxygens (including phenoxy) is 2. The van der Waals surface area contributed by atoms with Gasteiger partial charge in [0.05, 0.1) is 23.7 Å².